The second kappa shape index (κ2) is 5.39. The van der Waals surface area contributed by atoms with Gasteiger partial charge in [-0.05, 0) is 12.0 Å². The molecule has 0 aliphatic rings. The fraction of sp³-hybridized carbons (Fsp3) is 0.333. The molecular weight excluding hydrogens is 237 g/mol. The van der Waals surface area contributed by atoms with Gasteiger partial charge in [0.15, 0.2) is 11.6 Å². The molecule has 0 radical (unpaired) electrons. The van der Waals surface area contributed by atoms with Crippen LogP contribution in [-0.2, 0) is 0 Å². The van der Waals surface area contributed by atoms with Crippen molar-refractivity contribution in [3.63, 3.8) is 0 Å². The Morgan fingerprint density at radius 2 is 1.75 bits per heavy atom. The molecule has 0 amide bonds. The van der Waals surface area contributed by atoms with Crippen LogP contribution in [0.3, 0.4) is 0 Å². The van der Waals surface area contributed by atoms with Gasteiger partial charge in [0.05, 0.1) is 0 Å². The molecule has 0 aliphatic carbocycles. The highest BCUT2D eigenvalue weighted by molar-refractivity contribution is 6.19. The van der Waals surface area contributed by atoms with Crippen LogP contribution in [0.15, 0.2) is 17.7 Å². The number of benzene rings is 1. The highest BCUT2D eigenvalue weighted by Crippen LogP contribution is 2.20. The fourth-order valence-electron chi connectivity index (χ4n) is 1.21. The first-order chi connectivity index (χ1) is 7.45. The predicted molar refractivity (Wildman–Crippen MR) is 59.9 cm³/mol. The van der Waals surface area contributed by atoms with Crippen LogP contribution in [0, 0.1) is 23.4 Å². The zero-order valence-electron chi connectivity index (χ0n) is 9.03. The Labute approximate surface area is 97.7 Å². The van der Waals surface area contributed by atoms with E-state index in [1.165, 1.54) is 6.08 Å². The fourth-order valence-corrected chi connectivity index (χ4v) is 1.59. The maximum absolute atomic E-state index is 13.3. The van der Waals surface area contributed by atoms with Crippen LogP contribution in [0.2, 0.25) is 0 Å². The van der Waals surface area contributed by atoms with Gasteiger partial charge in [-0.15, -0.1) is 11.6 Å². The Morgan fingerprint density at radius 1 is 1.19 bits per heavy atom. The lowest BCUT2D eigenvalue weighted by molar-refractivity contribution is 0.494. The van der Waals surface area contributed by atoms with Gasteiger partial charge in [-0.2, -0.15) is 0 Å². The molecule has 1 aromatic rings. The Bertz CT molecular complexity index is 411. The molecule has 0 saturated heterocycles. The largest absolute Gasteiger partial charge is 0.206 e. The number of halogens is 4. The molecular formula is C12H12ClF3. The van der Waals surface area contributed by atoms with Crippen molar-refractivity contribution in [3.8, 4) is 0 Å². The van der Waals surface area contributed by atoms with E-state index in [2.05, 4.69) is 0 Å². The second-order valence-electron chi connectivity index (χ2n) is 3.80. The predicted octanol–water partition coefficient (Wildman–Crippen LogP) is 4.38. The van der Waals surface area contributed by atoms with Crippen LogP contribution >= 0.6 is 11.6 Å². The van der Waals surface area contributed by atoms with E-state index in [1.807, 2.05) is 13.8 Å². The van der Waals surface area contributed by atoms with Gasteiger partial charge >= 0.3 is 0 Å². The normalized spacial score (nSPS) is 12.3. The van der Waals surface area contributed by atoms with E-state index in [0.717, 1.165) is 11.6 Å². The zero-order valence-corrected chi connectivity index (χ0v) is 9.78. The molecule has 1 rings (SSSR count). The zero-order chi connectivity index (χ0) is 12.3. The van der Waals surface area contributed by atoms with Gasteiger partial charge in [-0.1, -0.05) is 25.5 Å². The van der Waals surface area contributed by atoms with Crippen LogP contribution in [0.25, 0.3) is 6.08 Å². The van der Waals surface area contributed by atoms with E-state index >= 15 is 0 Å². The number of rotatable bonds is 3. The summed E-state index contributed by atoms with van der Waals surface area (Å²) in [6.07, 6.45) is 1.45. The molecule has 0 heterocycles. The third-order valence-corrected chi connectivity index (χ3v) is 2.58. The van der Waals surface area contributed by atoms with Crippen molar-refractivity contribution in [3.05, 3.63) is 40.7 Å². The first kappa shape index (κ1) is 13.1. The average Bonchev–Trinajstić information content (AvgIpc) is 2.21. The maximum atomic E-state index is 13.3. The molecule has 0 aromatic heterocycles. The Morgan fingerprint density at radius 3 is 2.25 bits per heavy atom. The Hall–Kier alpha value is -0.960. The molecule has 0 unspecified atom stereocenters. The second-order valence-corrected chi connectivity index (χ2v) is 4.06. The summed E-state index contributed by atoms with van der Waals surface area (Å²) in [5, 5.41) is 0. The molecule has 16 heavy (non-hydrogen) atoms. The summed E-state index contributed by atoms with van der Waals surface area (Å²) in [6.45, 7) is 3.79. The monoisotopic (exact) mass is 248 g/mol. The average molecular weight is 249 g/mol. The summed E-state index contributed by atoms with van der Waals surface area (Å²) < 4.78 is 38.9. The first-order valence-corrected chi connectivity index (χ1v) is 5.40. The summed E-state index contributed by atoms with van der Waals surface area (Å²) in [7, 11) is 0. The van der Waals surface area contributed by atoms with Crippen LogP contribution in [0.1, 0.15) is 19.4 Å². The van der Waals surface area contributed by atoms with Gasteiger partial charge in [-0.3, -0.25) is 0 Å². The van der Waals surface area contributed by atoms with Gasteiger partial charge in [0.1, 0.15) is 5.82 Å². The molecule has 0 atom stereocenters. The number of allylic oxidation sites excluding steroid dienone is 1. The standard InChI is InChI=1S/C12H12ClF3/c1-7(2)9(6-13)3-8-4-11(15)12(16)5-10(8)14/h3-5,7H,6H2,1-2H3/b9-3+. The third-order valence-electron chi connectivity index (χ3n) is 2.28. The maximum Gasteiger partial charge on any atom is 0.161 e. The van der Waals surface area contributed by atoms with Crippen LogP contribution in [0.4, 0.5) is 13.2 Å². The molecule has 0 saturated carbocycles. The molecule has 0 fully saturated rings. The Balaban J connectivity index is 3.18. The highest BCUT2D eigenvalue weighted by atomic mass is 35.5. The minimum atomic E-state index is -1.19. The number of hydrogen-bond donors (Lipinski definition) is 0. The van der Waals surface area contributed by atoms with Crippen molar-refractivity contribution in [2.75, 3.05) is 5.88 Å². The summed E-state index contributed by atoms with van der Waals surface area (Å²) in [5.74, 6) is -2.68. The molecule has 0 bridgehead atoms. The highest BCUT2D eigenvalue weighted by Gasteiger charge is 2.10. The molecule has 0 N–H and O–H groups in total. The van der Waals surface area contributed by atoms with Gasteiger partial charge in [-0.25, -0.2) is 13.2 Å². The van der Waals surface area contributed by atoms with Gasteiger partial charge < -0.3 is 0 Å². The summed E-state index contributed by atoms with van der Waals surface area (Å²) >= 11 is 5.68. The van der Waals surface area contributed by atoms with Crippen molar-refractivity contribution in [2.45, 2.75) is 13.8 Å². The van der Waals surface area contributed by atoms with Crippen molar-refractivity contribution >= 4 is 17.7 Å². The minimum Gasteiger partial charge on any atom is -0.206 e. The molecule has 0 nitrogen and oxygen atoms in total. The van der Waals surface area contributed by atoms with E-state index in [1.54, 1.807) is 0 Å². The van der Waals surface area contributed by atoms with E-state index < -0.39 is 17.5 Å². The summed E-state index contributed by atoms with van der Waals surface area (Å²) in [6, 6.07) is 1.37. The smallest absolute Gasteiger partial charge is 0.161 e. The number of hydrogen-bond acceptors (Lipinski definition) is 0. The SMILES string of the molecule is CC(C)/C(=C/c1cc(F)c(F)cc1F)CCl. The van der Waals surface area contributed by atoms with Gasteiger partial charge in [0.2, 0.25) is 0 Å². The van der Waals surface area contributed by atoms with E-state index in [0.29, 0.717) is 6.07 Å². The number of alkyl halides is 1. The molecule has 1 aromatic carbocycles. The summed E-state index contributed by atoms with van der Waals surface area (Å²) in [4.78, 5) is 0. The summed E-state index contributed by atoms with van der Waals surface area (Å²) in [5.41, 5.74) is 0.787. The third kappa shape index (κ3) is 3.01. The lowest BCUT2D eigenvalue weighted by Gasteiger charge is -2.08. The van der Waals surface area contributed by atoms with E-state index in [9.17, 15) is 13.2 Å². The van der Waals surface area contributed by atoms with Crippen molar-refractivity contribution in [1.29, 1.82) is 0 Å². The van der Waals surface area contributed by atoms with E-state index in [4.69, 9.17) is 11.6 Å². The van der Waals surface area contributed by atoms with Gasteiger partial charge in [0, 0.05) is 17.5 Å². The first-order valence-electron chi connectivity index (χ1n) is 4.86. The Kier molecular flexibility index (Phi) is 4.42. The van der Waals surface area contributed by atoms with Crippen LogP contribution in [-0.4, -0.2) is 5.88 Å². The molecule has 88 valence electrons. The quantitative estimate of drug-likeness (QED) is 0.550. The van der Waals surface area contributed by atoms with Crippen molar-refractivity contribution in [2.24, 2.45) is 5.92 Å². The van der Waals surface area contributed by atoms with Crippen molar-refractivity contribution in [1.82, 2.24) is 0 Å². The van der Waals surface area contributed by atoms with Gasteiger partial charge in [0.25, 0.3) is 0 Å². The molecule has 4 heteroatoms. The van der Waals surface area contributed by atoms with Crippen LogP contribution in [0.5, 0.6) is 0 Å². The van der Waals surface area contributed by atoms with E-state index in [-0.39, 0.29) is 17.4 Å². The lowest BCUT2D eigenvalue weighted by Crippen LogP contribution is -1.97. The van der Waals surface area contributed by atoms with Crippen LogP contribution < -0.4 is 0 Å². The van der Waals surface area contributed by atoms with Crippen molar-refractivity contribution < 1.29 is 13.2 Å². The molecule has 0 spiro atoms. The lowest BCUT2D eigenvalue weighted by atomic mass is 10.0. The minimum absolute atomic E-state index is 0.0169. The molecule has 0 aliphatic heterocycles. The topological polar surface area (TPSA) is 0 Å².